The molecule has 2 N–H and O–H groups in total. The van der Waals surface area contributed by atoms with Gasteiger partial charge < -0.3 is 20.3 Å². The van der Waals surface area contributed by atoms with Crippen molar-refractivity contribution < 1.29 is 14.3 Å². The van der Waals surface area contributed by atoms with Gasteiger partial charge in [-0.1, -0.05) is 12.1 Å². The number of nitrogens with zero attached hydrogens (tertiary/aromatic N) is 2. The molecule has 2 amide bonds. The molecule has 0 saturated carbocycles. The van der Waals surface area contributed by atoms with E-state index in [0.717, 1.165) is 37.7 Å². The molecule has 0 aliphatic carbocycles. The van der Waals surface area contributed by atoms with Gasteiger partial charge >= 0.3 is 0 Å². The number of amides is 2. The van der Waals surface area contributed by atoms with Gasteiger partial charge in [-0.3, -0.25) is 9.59 Å². The van der Waals surface area contributed by atoms with E-state index in [1.54, 1.807) is 30.5 Å². The zero-order valence-corrected chi connectivity index (χ0v) is 14.7. The Morgan fingerprint density at radius 3 is 2.69 bits per heavy atom. The van der Waals surface area contributed by atoms with Crippen LogP contribution in [0.4, 0.5) is 11.5 Å². The van der Waals surface area contributed by atoms with Crippen molar-refractivity contribution in [2.45, 2.75) is 13.5 Å². The first-order chi connectivity index (χ1) is 12.6. The molecule has 136 valence electrons. The average Bonchev–Trinajstić information content (AvgIpc) is 2.67. The molecule has 2 aromatic rings. The summed E-state index contributed by atoms with van der Waals surface area (Å²) in [6, 6.07) is 10.8. The molecular formula is C19H22N4O3. The topological polar surface area (TPSA) is 83.6 Å². The van der Waals surface area contributed by atoms with Gasteiger partial charge in [-0.25, -0.2) is 4.98 Å². The second-order valence-electron chi connectivity index (χ2n) is 6.07. The number of hydrogen-bond donors (Lipinski definition) is 2. The zero-order chi connectivity index (χ0) is 18.4. The molecule has 26 heavy (non-hydrogen) atoms. The summed E-state index contributed by atoms with van der Waals surface area (Å²) < 4.78 is 5.34. The molecule has 7 nitrogen and oxygen atoms in total. The fraction of sp³-hybridized carbons (Fsp3) is 0.316. The van der Waals surface area contributed by atoms with Gasteiger partial charge in [-0.15, -0.1) is 0 Å². The minimum Gasteiger partial charge on any atom is -0.378 e. The largest absolute Gasteiger partial charge is 0.378 e. The van der Waals surface area contributed by atoms with E-state index in [-0.39, 0.29) is 11.8 Å². The van der Waals surface area contributed by atoms with Crippen LogP contribution in [0.25, 0.3) is 0 Å². The summed E-state index contributed by atoms with van der Waals surface area (Å²) in [5.41, 5.74) is 2.02. The zero-order valence-electron chi connectivity index (χ0n) is 14.7. The molecular weight excluding hydrogens is 332 g/mol. The van der Waals surface area contributed by atoms with Gasteiger partial charge in [0.05, 0.1) is 13.2 Å². The number of nitrogens with one attached hydrogen (secondary N) is 2. The smallest absolute Gasteiger partial charge is 0.251 e. The Balaban J connectivity index is 1.56. The molecule has 1 aliphatic rings. The number of aromatic nitrogens is 1. The van der Waals surface area contributed by atoms with Crippen LogP contribution in [0.1, 0.15) is 22.8 Å². The SMILES string of the molecule is CC(=O)Nc1cccc(C(=O)NCc2ccc(N3CCOCC3)nc2)c1. The second-order valence-corrected chi connectivity index (χ2v) is 6.07. The number of benzene rings is 1. The molecule has 2 heterocycles. The third kappa shape index (κ3) is 4.80. The number of carbonyl (C=O) groups is 2. The molecule has 0 unspecified atom stereocenters. The molecule has 1 aliphatic heterocycles. The van der Waals surface area contributed by atoms with E-state index < -0.39 is 0 Å². The van der Waals surface area contributed by atoms with E-state index in [9.17, 15) is 9.59 Å². The quantitative estimate of drug-likeness (QED) is 0.856. The number of hydrogen-bond acceptors (Lipinski definition) is 5. The van der Waals surface area contributed by atoms with Crippen LogP contribution in [0.2, 0.25) is 0 Å². The lowest BCUT2D eigenvalue weighted by molar-refractivity contribution is -0.114. The normalized spacial score (nSPS) is 14.0. The van der Waals surface area contributed by atoms with Crippen molar-refractivity contribution in [1.29, 1.82) is 0 Å². The van der Waals surface area contributed by atoms with Gasteiger partial charge in [0.25, 0.3) is 5.91 Å². The lowest BCUT2D eigenvalue weighted by Gasteiger charge is -2.27. The average molecular weight is 354 g/mol. The molecule has 1 fully saturated rings. The summed E-state index contributed by atoms with van der Waals surface area (Å²) in [6.07, 6.45) is 1.78. The van der Waals surface area contributed by atoms with Crippen molar-refractivity contribution >= 4 is 23.3 Å². The van der Waals surface area contributed by atoms with Crippen molar-refractivity contribution in [1.82, 2.24) is 10.3 Å². The van der Waals surface area contributed by atoms with Gasteiger partial charge in [0, 0.05) is 44.0 Å². The van der Waals surface area contributed by atoms with Crippen molar-refractivity contribution in [3.8, 4) is 0 Å². The Hall–Kier alpha value is -2.93. The van der Waals surface area contributed by atoms with Crippen LogP contribution in [0.5, 0.6) is 0 Å². The third-order valence-corrected chi connectivity index (χ3v) is 4.04. The monoisotopic (exact) mass is 354 g/mol. The van der Waals surface area contributed by atoms with Crippen molar-refractivity contribution in [2.75, 3.05) is 36.5 Å². The van der Waals surface area contributed by atoms with Gasteiger partial charge in [-0.2, -0.15) is 0 Å². The van der Waals surface area contributed by atoms with E-state index >= 15 is 0 Å². The van der Waals surface area contributed by atoms with Crippen LogP contribution < -0.4 is 15.5 Å². The van der Waals surface area contributed by atoms with Crippen LogP contribution in [-0.2, 0) is 16.1 Å². The second kappa shape index (κ2) is 8.44. The molecule has 1 aromatic carbocycles. The fourth-order valence-corrected chi connectivity index (χ4v) is 2.73. The molecule has 1 saturated heterocycles. The molecule has 7 heteroatoms. The van der Waals surface area contributed by atoms with E-state index in [0.29, 0.717) is 17.8 Å². The summed E-state index contributed by atoms with van der Waals surface area (Å²) in [6.45, 7) is 4.94. The summed E-state index contributed by atoms with van der Waals surface area (Å²) in [5.74, 6) is 0.551. The number of morpholine rings is 1. The molecule has 0 spiro atoms. The Kier molecular flexibility index (Phi) is 5.80. The molecule has 3 rings (SSSR count). The summed E-state index contributed by atoms with van der Waals surface area (Å²) in [5, 5.41) is 5.54. The maximum absolute atomic E-state index is 12.3. The van der Waals surface area contributed by atoms with E-state index in [2.05, 4.69) is 20.5 Å². The Morgan fingerprint density at radius 1 is 1.19 bits per heavy atom. The number of carbonyl (C=O) groups excluding carboxylic acids is 2. The van der Waals surface area contributed by atoms with Crippen molar-refractivity contribution in [3.05, 3.63) is 53.7 Å². The molecule has 0 radical (unpaired) electrons. The van der Waals surface area contributed by atoms with Crippen molar-refractivity contribution in [2.24, 2.45) is 0 Å². The van der Waals surface area contributed by atoms with Crippen molar-refractivity contribution in [3.63, 3.8) is 0 Å². The number of rotatable bonds is 5. The van der Waals surface area contributed by atoms with Crippen LogP contribution >= 0.6 is 0 Å². The van der Waals surface area contributed by atoms with E-state index in [1.807, 2.05) is 12.1 Å². The fourth-order valence-electron chi connectivity index (χ4n) is 2.73. The van der Waals surface area contributed by atoms with Gasteiger partial charge in [-0.05, 0) is 29.8 Å². The number of ether oxygens (including phenoxy) is 1. The van der Waals surface area contributed by atoms with Gasteiger partial charge in [0.1, 0.15) is 5.82 Å². The predicted molar refractivity (Wildman–Crippen MR) is 99.2 cm³/mol. The summed E-state index contributed by atoms with van der Waals surface area (Å²) in [7, 11) is 0. The predicted octanol–water partition coefficient (Wildman–Crippen LogP) is 1.81. The summed E-state index contributed by atoms with van der Waals surface area (Å²) >= 11 is 0. The maximum Gasteiger partial charge on any atom is 0.251 e. The molecule has 1 aromatic heterocycles. The lowest BCUT2D eigenvalue weighted by Crippen LogP contribution is -2.36. The van der Waals surface area contributed by atoms with Gasteiger partial charge in [0.2, 0.25) is 5.91 Å². The highest BCUT2D eigenvalue weighted by atomic mass is 16.5. The van der Waals surface area contributed by atoms with Crippen LogP contribution in [0, 0.1) is 0 Å². The molecule has 0 atom stereocenters. The number of anilines is 2. The highest BCUT2D eigenvalue weighted by Gasteiger charge is 2.12. The van der Waals surface area contributed by atoms with Crippen LogP contribution in [-0.4, -0.2) is 43.1 Å². The van der Waals surface area contributed by atoms with E-state index in [1.165, 1.54) is 6.92 Å². The van der Waals surface area contributed by atoms with E-state index in [4.69, 9.17) is 4.74 Å². The lowest BCUT2D eigenvalue weighted by atomic mass is 10.2. The number of pyridine rings is 1. The first-order valence-electron chi connectivity index (χ1n) is 8.55. The highest BCUT2D eigenvalue weighted by Crippen LogP contribution is 2.14. The minimum absolute atomic E-state index is 0.172. The highest BCUT2D eigenvalue weighted by molar-refractivity contribution is 5.96. The van der Waals surface area contributed by atoms with Crippen LogP contribution in [0.15, 0.2) is 42.6 Å². The van der Waals surface area contributed by atoms with Gasteiger partial charge in [0.15, 0.2) is 0 Å². The summed E-state index contributed by atoms with van der Waals surface area (Å²) in [4.78, 5) is 30.1. The first-order valence-corrected chi connectivity index (χ1v) is 8.55. The first kappa shape index (κ1) is 17.9. The maximum atomic E-state index is 12.3. The van der Waals surface area contributed by atoms with Crippen LogP contribution in [0.3, 0.4) is 0 Å². The standard InChI is InChI=1S/C19H22N4O3/c1-14(24)22-17-4-2-3-16(11-17)19(25)21-13-15-5-6-18(20-12-15)23-7-9-26-10-8-23/h2-6,11-12H,7-10,13H2,1H3,(H,21,25)(H,22,24). The Morgan fingerprint density at radius 2 is 2.00 bits per heavy atom. The minimum atomic E-state index is -0.200. The Bertz CT molecular complexity index is 771. The third-order valence-electron chi connectivity index (χ3n) is 4.04. The molecule has 0 bridgehead atoms. The Labute approximate surface area is 152 Å².